The van der Waals surface area contributed by atoms with E-state index in [-0.39, 0.29) is 40.9 Å². The summed E-state index contributed by atoms with van der Waals surface area (Å²) in [7, 11) is -6.66. The topological polar surface area (TPSA) is 140 Å². The lowest BCUT2D eigenvalue weighted by atomic mass is 10.2. The van der Waals surface area contributed by atoms with Crippen molar-refractivity contribution in [2.75, 3.05) is 36.1 Å². The molecule has 1 amide bonds. The molecule has 2 N–H and O–H groups in total. The van der Waals surface area contributed by atoms with Gasteiger partial charge in [-0.05, 0) is 51.1 Å². The molecule has 2 aromatic rings. The number of anilines is 2. The van der Waals surface area contributed by atoms with Gasteiger partial charge in [0, 0.05) is 18.3 Å². The van der Waals surface area contributed by atoms with Crippen LogP contribution in [0.2, 0.25) is 0 Å². The first-order chi connectivity index (χ1) is 16.6. The Morgan fingerprint density at radius 3 is 2.47 bits per heavy atom. The number of methoxy groups -OCH3 is 1. The number of carbonyl (C=O) groups excluding carboxylic acids is 1. The van der Waals surface area contributed by atoms with E-state index < -0.39 is 43.7 Å². The van der Waals surface area contributed by atoms with Crippen molar-refractivity contribution in [1.29, 1.82) is 0 Å². The number of nitrogens with one attached hydrogen (secondary N) is 2. The van der Waals surface area contributed by atoms with Crippen LogP contribution in [0, 0.1) is 5.82 Å². The van der Waals surface area contributed by atoms with Gasteiger partial charge in [0.05, 0.1) is 30.5 Å². The summed E-state index contributed by atoms with van der Waals surface area (Å²) < 4.78 is 83.6. The molecule has 0 saturated heterocycles. The van der Waals surface area contributed by atoms with Crippen LogP contribution in [-0.2, 0) is 24.8 Å². The maximum absolute atomic E-state index is 13.9. The highest BCUT2D eigenvalue weighted by atomic mass is 32.2. The summed E-state index contributed by atoms with van der Waals surface area (Å²) in [5.74, 6) is -0.868. The van der Waals surface area contributed by atoms with Crippen molar-refractivity contribution in [3.8, 4) is 11.5 Å². The van der Waals surface area contributed by atoms with Gasteiger partial charge in [-0.2, -0.15) is 0 Å². The lowest BCUT2D eigenvalue weighted by Crippen LogP contribution is -2.48. The number of benzene rings is 2. The molecule has 0 fully saturated rings. The summed E-state index contributed by atoms with van der Waals surface area (Å²) in [5.41, 5.74) is -0.434. The molecule has 11 nitrogen and oxygen atoms in total. The van der Waals surface area contributed by atoms with Crippen LogP contribution in [0.1, 0.15) is 20.8 Å². The highest BCUT2D eigenvalue weighted by Crippen LogP contribution is 2.39. The summed E-state index contributed by atoms with van der Waals surface area (Å²) in [6, 6.07) is 7.43. The molecular formula is C22H28FN3O8S2. The van der Waals surface area contributed by atoms with Crippen LogP contribution in [0.5, 0.6) is 11.5 Å². The van der Waals surface area contributed by atoms with Gasteiger partial charge in [0.2, 0.25) is 10.0 Å². The standard InChI is InChI=1S/C22H28FN3O8S2/c1-22(2,3)34-21(27)25-14-6-9-19-18(10-14)26(13-15(33-19)12-24-35(5,28)29)36(30,31)16-7-8-17(23)20(11-16)32-4/h6-11,15,24H,12-13H2,1-5H3,(H,25,27). The van der Waals surface area contributed by atoms with E-state index in [4.69, 9.17) is 14.2 Å². The molecule has 0 aliphatic carbocycles. The first kappa shape index (κ1) is 27.5. The lowest BCUT2D eigenvalue weighted by Gasteiger charge is -2.35. The number of carbonyl (C=O) groups is 1. The van der Waals surface area contributed by atoms with E-state index in [0.29, 0.717) is 0 Å². The third-order valence-electron chi connectivity index (χ3n) is 4.82. The summed E-state index contributed by atoms with van der Waals surface area (Å²) in [5, 5.41) is 2.54. The monoisotopic (exact) mass is 545 g/mol. The zero-order valence-electron chi connectivity index (χ0n) is 20.4. The molecule has 0 bridgehead atoms. The van der Waals surface area contributed by atoms with Gasteiger partial charge >= 0.3 is 6.09 Å². The van der Waals surface area contributed by atoms with Gasteiger partial charge in [-0.15, -0.1) is 0 Å². The van der Waals surface area contributed by atoms with Crippen LogP contribution in [0.4, 0.5) is 20.6 Å². The molecule has 0 radical (unpaired) electrons. The van der Waals surface area contributed by atoms with Crippen LogP contribution in [0.25, 0.3) is 0 Å². The third kappa shape index (κ3) is 6.77. The number of nitrogens with zero attached hydrogens (tertiary/aromatic N) is 1. The highest BCUT2D eigenvalue weighted by Gasteiger charge is 2.35. The minimum absolute atomic E-state index is 0.0856. The summed E-state index contributed by atoms with van der Waals surface area (Å²) >= 11 is 0. The molecule has 1 aliphatic rings. The number of rotatable bonds is 7. The van der Waals surface area contributed by atoms with Crippen molar-refractivity contribution >= 4 is 37.5 Å². The maximum Gasteiger partial charge on any atom is 0.412 e. The van der Waals surface area contributed by atoms with Crippen molar-refractivity contribution in [2.24, 2.45) is 0 Å². The third-order valence-corrected chi connectivity index (χ3v) is 7.29. The Morgan fingerprint density at radius 2 is 1.86 bits per heavy atom. The molecule has 1 heterocycles. The summed E-state index contributed by atoms with van der Waals surface area (Å²) in [4.78, 5) is 12.0. The Balaban J connectivity index is 2.03. The Labute approximate surface area is 209 Å². The van der Waals surface area contributed by atoms with E-state index >= 15 is 0 Å². The SMILES string of the molecule is COc1cc(S(=O)(=O)N2CC(CNS(C)(=O)=O)Oc3ccc(NC(=O)OC(C)(C)C)cc32)ccc1F. The van der Waals surface area contributed by atoms with Crippen molar-refractivity contribution in [2.45, 2.75) is 37.4 Å². The average Bonchev–Trinajstić information content (AvgIpc) is 2.75. The Hall–Kier alpha value is -3.10. The van der Waals surface area contributed by atoms with Gasteiger partial charge < -0.3 is 14.2 Å². The van der Waals surface area contributed by atoms with E-state index in [1.165, 1.54) is 25.3 Å². The van der Waals surface area contributed by atoms with Crippen LogP contribution in [0.3, 0.4) is 0 Å². The first-order valence-corrected chi connectivity index (χ1v) is 14.0. The number of hydrogen-bond acceptors (Lipinski definition) is 8. The van der Waals surface area contributed by atoms with Gasteiger partial charge in [0.15, 0.2) is 11.6 Å². The fraction of sp³-hybridized carbons (Fsp3) is 0.409. The van der Waals surface area contributed by atoms with Crippen LogP contribution >= 0.6 is 0 Å². The Kier molecular flexibility index (Phi) is 7.72. The van der Waals surface area contributed by atoms with Gasteiger partial charge in [-0.3, -0.25) is 9.62 Å². The fourth-order valence-corrected chi connectivity index (χ4v) is 5.32. The normalized spacial score (nSPS) is 16.1. The Bertz CT molecular complexity index is 1360. The summed E-state index contributed by atoms with van der Waals surface area (Å²) in [6.07, 6.45) is -0.654. The quantitative estimate of drug-likeness (QED) is 0.541. The predicted molar refractivity (Wildman–Crippen MR) is 131 cm³/mol. The van der Waals surface area contributed by atoms with E-state index in [0.717, 1.165) is 28.8 Å². The largest absolute Gasteiger partial charge is 0.494 e. The molecule has 14 heteroatoms. The van der Waals surface area contributed by atoms with E-state index in [1.54, 1.807) is 20.8 Å². The number of hydrogen-bond donors (Lipinski definition) is 2. The second kappa shape index (κ2) is 10.1. The van der Waals surface area contributed by atoms with E-state index in [1.807, 2.05) is 0 Å². The number of ether oxygens (including phenoxy) is 3. The van der Waals surface area contributed by atoms with Gasteiger partial charge in [0.25, 0.3) is 10.0 Å². The number of halogens is 1. The van der Waals surface area contributed by atoms with Crippen LogP contribution in [0.15, 0.2) is 41.3 Å². The molecule has 3 rings (SSSR count). The van der Waals surface area contributed by atoms with Gasteiger partial charge in [-0.25, -0.2) is 30.7 Å². The molecule has 1 atom stereocenters. The molecule has 0 spiro atoms. The molecule has 0 aromatic heterocycles. The minimum Gasteiger partial charge on any atom is -0.494 e. The Morgan fingerprint density at radius 1 is 1.17 bits per heavy atom. The molecule has 0 saturated carbocycles. The number of amides is 1. The number of fused-ring (bicyclic) bond motifs is 1. The second-order valence-electron chi connectivity index (χ2n) is 9.00. The molecule has 1 aliphatic heterocycles. The van der Waals surface area contributed by atoms with Gasteiger partial charge in [-0.1, -0.05) is 0 Å². The minimum atomic E-state index is -4.30. The second-order valence-corrected chi connectivity index (χ2v) is 12.7. The van der Waals surface area contributed by atoms with Crippen molar-refractivity contribution in [1.82, 2.24) is 4.72 Å². The maximum atomic E-state index is 13.9. The summed E-state index contributed by atoms with van der Waals surface area (Å²) in [6.45, 7) is 4.62. The zero-order valence-corrected chi connectivity index (χ0v) is 22.0. The van der Waals surface area contributed by atoms with E-state index in [2.05, 4.69) is 10.0 Å². The predicted octanol–water partition coefficient (Wildman–Crippen LogP) is 2.69. The smallest absolute Gasteiger partial charge is 0.412 e. The molecule has 36 heavy (non-hydrogen) atoms. The van der Waals surface area contributed by atoms with Gasteiger partial charge in [0.1, 0.15) is 17.5 Å². The highest BCUT2D eigenvalue weighted by molar-refractivity contribution is 7.92. The van der Waals surface area contributed by atoms with Crippen molar-refractivity contribution in [3.63, 3.8) is 0 Å². The number of sulfonamides is 2. The van der Waals surface area contributed by atoms with Crippen LogP contribution < -0.4 is 23.8 Å². The van der Waals surface area contributed by atoms with Crippen LogP contribution in [-0.4, -0.2) is 61.1 Å². The molecule has 1 unspecified atom stereocenters. The fourth-order valence-electron chi connectivity index (χ4n) is 3.32. The zero-order chi connectivity index (χ0) is 26.9. The molecule has 198 valence electrons. The van der Waals surface area contributed by atoms with Crippen molar-refractivity contribution in [3.05, 3.63) is 42.2 Å². The van der Waals surface area contributed by atoms with Crippen molar-refractivity contribution < 1.29 is 40.2 Å². The first-order valence-electron chi connectivity index (χ1n) is 10.7. The van der Waals surface area contributed by atoms with E-state index in [9.17, 15) is 26.0 Å². The average molecular weight is 546 g/mol. The molecular weight excluding hydrogens is 517 g/mol. The molecule has 2 aromatic carbocycles. The lowest BCUT2D eigenvalue weighted by molar-refractivity contribution is 0.0636.